The van der Waals surface area contributed by atoms with Gasteiger partial charge in [-0.2, -0.15) is 0 Å². The molecule has 2 aromatic carbocycles. The fraction of sp³-hybridized carbons (Fsp3) is 0.118. The lowest BCUT2D eigenvalue weighted by atomic mass is 9.99. The Kier molecular flexibility index (Phi) is 4.08. The van der Waals surface area contributed by atoms with Crippen LogP contribution in [0.4, 0.5) is 0 Å². The highest BCUT2D eigenvalue weighted by molar-refractivity contribution is 5.96. The van der Waals surface area contributed by atoms with E-state index in [-0.39, 0.29) is 0 Å². The zero-order chi connectivity index (χ0) is 12.8. The average Bonchev–Trinajstić information content (AvgIpc) is 2.50. The zero-order valence-electron chi connectivity index (χ0n) is 10.8. The van der Waals surface area contributed by atoms with Crippen LogP contribution in [0.15, 0.2) is 67.0 Å². The molecule has 0 aliphatic rings. The number of rotatable bonds is 1. The summed E-state index contributed by atoms with van der Waals surface area (Å²) in [5, 5.41) is 2.56. The molecule has 1 heteroatoms. The van der Waals surface area contributed by atoms with Gasteiger partial charge < -0.3 is 0 Å². The van der Waals surface area contributed by atoms with Crippen LogP contribution in [0.3, 0.4) is 0 Å². The third kappa shape index (κ3) is 2.40. The predicted molar refractivity (Wildman–Crippen MR) is 78.5 cm³/mol. The van der Waals surface area contributed by atoms with Crippen LogP contribution in [0.1, 0.15) is 13.8 Å². The van der Waals surface area contributed by atoms with E-state index in [9.17, 15) is 0 Å². The van der Waals surface area contributed by atoms with E-state index in [1.54, 1.807) is 0 Å². The summed E-state index contributed by atoms with van der Waals surface area (Å²) in [5.41, 5.74) is 2.48. The fourth-order valence-corrected chi connectivity index (χ4v) is 2.01. The molecule has 0 spiro atoms. The first kappa shape index (κ1) is 12.3. The van der Waals surface area contributed by atoms with E-state index in [2.05, 4.69) is 47.4 Å². The molecular weight excluding hydrogens is 218 g/mol. The Hall–Kier alpha value is -2.15. The lowest BCUT2D eigenvalue weighted by Gasteiger charge is -2.05. The number of hydrogen-bond acceptors (Lipinski definition) is 1. The first-order valence-corrected chi connectivity index (χ1v) is 6.33. The fourth-order valence-electron chi connectivity index (χ4n) is 2.01. The van der Waals surface area contributed by atoms with E-state index in [4.69, 9.17) is 0 Å². The molecule has 0 saturated carbocycles. The summed E-state index contributed by atoms with van der Waals surface area (Å²) in [5.74, 6) is 0. The molecule has 3 aromatic rings. The molecule has 0 bridgehead atoms. The van der Waals surface area contributed by atoms with Crippen molar-refractivity contribution in [3.05, 3.63) is 67.0 Å². The molecule has 90 valence electrons. The molecule has 0 atom stereocenters. The maximum atomic E-state index is 4.05. The summed E-state index contributed by atoms with van der Waals surface area (Å²) < 4.78 is 0. The summed E-state index contributed by atoms with van der Waals surface area (Å²) >= 11 is 0. The summed E-state index contributed by atoms with van der Waals surface area (Å²) in [6.45, 7) is 4.00. The van der Waals surface area contributed by atoms with Gasteiger partial charge in [-0.1, -0.05) is 56.3 Å². The van der Waals surface area contributed by atoms with Crippen molar-refractivity contribution in [1.29, 1.82) is 0 Å². The molecule has 0 aliphatic carbocycles. The van der Waals surface area contributed by atoms with Crippen LogP contribution >= 0.6 is 0 Å². The van der Waals surface area contributed by atoms with Crippen molar-refractivity contribution in [3.63, 3.8) is 0 Å². The zero-order valence-corrected chi connectivity index (χ0v) is 10.8. The predicted octanol–water partition coefficient (Wildman–Crippen LogP) is 4.93. The first-order chi connectivity index (χ1) is 8.95. The molecule has 0 unspecified atom stereocenters. The van der Waals surface area contributed by atoms with E-state index in [0.29, 0.717) is 0 Å². The molecule has 0 N–H and O–H groups in total. The second kappa shape index (κ2) is 5.97. The second-order valence-corrected chi connectivity index (χ2v) is 3.76. The maximum absolute atomic E-state index is 4.05. The second-order valence-electron chi connectivity index (χ2n) is 3.76. The normalized spacial score (nSPS) is 9.67. The van der Waals surface area contributed by atoms with Gasteiger partial charge in [0.05, 0.1) is 0 Å². The van der Waals surface area contributed by atoms with Crippen molar-refractivity contribution in [2.24, 2.45) is 0 Å². The SMILES string of the molecule is CC.c1ccc2c(-c3ccncc3)cccc2c1. The van der Waals surface area contributed by atoms with Crippen LogP contribution in [-0.2, 0) is 0 Å². The highest BCUT2D eigenvalue weighted by Crippen LogP contribution is 2.27. The maximum Gasteiger partial charge on any atom is 0.0273 e. The van der Waals surface area contributed by atoms with Crippen LogP contribution in [0, 0.1) is 0 Å². The van der Waals surface area contributed by atoms with Gasteiger partial charge in [-0.25, -0.2) is 0 Å². The Bertz CT molecular complexity index is 609. The van der Waals surface area contributed by atoms with Crippen molar-refractivity contribution in [3.8, 4) is 11.1 Å². The van der Waals surface area contributed by atoms with Gasteiger partial charge in [0.15, 0.2) is 0 Å². The Morgan fingerprint density at radius 1 is 0.722 bits per heavy atom. The Balaban J connectivity index is 0.000000574. The third-order valence-electron chi connectivity index (χ3n) is 2.78. The number of hydrogen-bond donors (Lipinski definition) is 0. The average molecular weight is 235 g/mol. The monoisotopic (exact) mass is 235 g/mol. The minimum atomic E-state index is 1.21. The molecule has 0 aliphatic heterocycles. The Morgan fingerprint density at radius 3 is 2.17 bits per heavy atom. The van der Waals surface area contributed by atoms with Gasteiger partial charge in [-0.05, 0) is 34.0 Å². The molecule has 0 radical (unpaired) electrons. The highest BCUT2D eigenvalue weighted by Gasteiger charge is 2.01. The standard InChI is InChI=1S/C15H11N.C2H6/c1-2-6-14-12(4-1)5-3-7-15(14)13-8-10-16-11-9-13;1-2/h1-11H;1-2H3. The summed E-state index contributed by atoms with van der Waals surface area (Å²) in [6, 6.07) is 18.9. The number of fused-ring (bicyclic) bond motifs is 1. The molecule has 1 aromatic heterocycles. The van der Waals surface area contributed by atoms with Crippen LogP contribution in [0.25, 0.3) is 21.9 Å². The van der Waals surface area contributed by atoms with E-state index in [0.717, 1.165) is 0 Å². The third-order valence-corrected chi connectivity index (χ3v) is 2.78. The number of benzene rings is 2. The smallest absolute Gasteiger partial charge is 0.0273 e. The molecule has 0 amide bonds. The van der Waals surface area contributed by atoms with Gasteiger partial charge >= 0.3 is 0 Å². The number of pyridine rings is 1. The van der Waals surface area contributed by atoms with Crippen molar-refractivity contribution in [1.82, 2.24) is 4.98 Å². The summed E-state index contributed by atoms with van der Waals surface area (Å²) in [6.07, 6.45) is 3.66. The van der Waals surface area contributed by atoms with Crippen LogP contribution < -0.4 is 0 Å². The van der Waals surface area contributed by atoms with Gasteiger partial charge in [0, 0.05) is 12.4 Å². The van der Waals surface area contributed by atoms with Crippen molar-refractivity contribution in [2.45, 2.75) is 13.8 Å². The molecule has 3 rings (SSSR count). The molecular formula is C17H17N. The molecule has 18 heavy (non-hydrogen) atoms. The largest absolute Gasteiger partial charge is 0.265 e. The lowest BCUT2D eigenvalue weighted by Crippen LogP contribution is -1.81. The van der Waals surface area contributed by atoms with E-state index >= 15 is 0 Å². The molecule has 0 saturated heterocycles. The molecule has 1 nitrogen and oxygen atoms in total. The van der Waals surface area contributed by atoms with Gasteiger partial charge in [-0.15, -0.1) is 0 Å². The quantitative estimate of drug-likeness (QED) is 0.583. The number of nitrogens with zero attached hydrogens (tertiary/aromatic N) is 1. The van der Waals surface area contributed by atoms with E-state index in [1.165, 1.54) is 21.9 Å². The van der Waals surface area contributed by atoms with Gasteiger partial charge in [0.2, 0.25) is 0 Å². The van der Waals surface area contributed by atoms with Crippen molar-refractivity contribution >= 4 is 10.8 Å². The van der Waals surface area contributed by atoms with Crippen LogP contribution in [0.2, 0.25) is 0 Å². The minimum absolute atomic E-state index is 1.21. The topological polar surface area (TPSA) is 12.9 Å². The molecule has 0 fully saturated rings. The van der Waals surface area contributed by atoms with Gasteiger partial charge in [0.25, 0.3) is 0 Å². The summed E-state index contributed by atoms with van der Waals surface area (Å²) in [4.78, 5) is 4.05. The lowest BCUT2D eigenvalue weighted by molar-refractivity contribution is 1.33. The number of aromatic nitrogens is 1. The Morgan fingerprint density at radius 2 is 1.39 bits per heavy atom. The van der Waals surface area contributed by atoms with Crippen molar-refractivity contribution < 1.29 is 0 Å². The van der Waals surface area contributed by atoms with Gasteiger partial charge in [0.1, 0.15) is 0 Å². The van der Waals surface area contributed by atoms with Crippen LogP contribution in [0.5, 0.6) is 0 Å². The molecule has 1 heterocycles. The van der Waals surface area contributed by atoms with E-state index in [1.807, 2.05) is 38.4 Å². The van der Waals surface area contributed by atoms with Crippen LogP contribution in [-0.4, -0.2) is 4.98 Å². The van der Waals surface area contributed by atoms with Crippen molar-refractivity contribution in [2.75, 3.05) is 0 Å². The summed E-state index contributed by atoms with van der Waals surface area (Å²) in [7, 11) is 0. The van der Waals surface area contributed by atoms with Gasteiger partial charge in [-0.3, -0.25) is 4.98 Å². The first-order valence-electron chi connectivity index (χ1n) is 6.33. The highest BCUT2D eigenvalue weighted by atomic mass is 14.6. The van der Waals surface area contributed by atoms with E-state index < -0.39 is 0 Å². The minimum Gasteiger partial charge on any atom is -0.265 e. The Labute approximate surface area is 108 Å².